The quantitative estimate of drug-likeness (QED) is 0.189. The lowest BCUT2D eigenvalue weighted by Gasteiger charge is -2.29. The number of thiophene rings is 1. The van der Waals surface area contributed by atoms with E-state index in [1.807, 2.05) is 11.3 Å². The zero-order chi connectivity index (χ0) is 32.3. The van der Waals surface area contributed by atoms with Crippen molar-refractivity contribution >= 4 is 59.3 Å². The van der Waals surface area contributed by atoms with Crippen molar-refractivity contribution in [2.24, 2.45) is 0 Å². The van der Waals surface area contributed by atoms with E-state index in [1.165, 1.54) is 47.6 Å². The smallest absolute Gasteiger partial charge is 0.135 e. The van der Waals surface area contributed by atoms with E-state index >= 15 is 0 Å². The summed E-state index contributed by atoms with van der Waals surface area (Å²) in [4.78, 5) is 2.41. The van der Waals surface area contributed by atoms with E-state index in [4.69, 9.17) is 4.74 Å². The van der Waals surface area contributed by atoms with Gasteiger partial charge in [-0.2, -0.15) is 0 Å². The molecule has 2 heterocycles. The molecule has 0 spiro atoms. The van der Waals surface area contributed by atoms with Gasteiger partial charge in [-0.15, -0.1) is 11.3 Å². The average molecular weight is 644 g/mol. The number of nitrogens with zero attached hydrogens (tertiary/aromatic N) is 1. The summed E-state index contributed by atoms with van der Waals surface area (Å²) in [5.74, 6) is 1.72. The average Bonchev–Trinajstić information content (AvgIpc) is 3.47. The van der Waals surface area contributed by atoms with Crippen LogP contribution < -0.4 is 9.64 Å². The number of anilines is 3. The third-order valence-electron chi connectivity index (χ3n) is 9.67. The molecule has 1 aliphatic rings. The Balaban J connectivity index is 1.25. The summed E-state index contributed by atoms with van der Waals surface area (Å²) in [6, 6.07) is 63.2. The lowest BCUT2D eigenvalue weighted by molar-refractivity contribution is 0.488. The second kappa shape index (κ2) is 11.2. The van der Waals surface area contributed by atoms with Crippen LogP contribution in [0.5, 0.6) is 11.5 Å². The van der Waals surface area contributed by atoms with Crippen molar-refractivity contribution < 1.29 is 4.74 Å². The van der Waals surface area contributed by atoms with Crippen LogP contribution in [-0.2, 0) is 0 Å². The molecule has 9 aromatic rings. The monoisotopic (exact) mass is 643 g/mol. The molecule has 0 fully saturated rings. The maximum absolute atomic E-state index is 6.75. The largest absolute Gasteiger partial charge is 0.456 e. The highest BCUT2D eigenvalue weighted by atomic mass is 32.1. The molecular formula is C46H29NOS. The molecule has 0 amide bonds. The van der Waals surface area contributed by atoms with Crippen molar-refractivity contribution in [2.75, 3.05) is 4.90 Å². The zero-order valence-corrected chi connectivity index (χ0v) is 27.3. The van der Waals surface area contributed by atoms with Gasteiger partial charge >= 0.3 is 0 Å². The Morgan fingerprint density at radius 2 is 1.08 bits per heavy atom. The molecular weight excluding hydrogens is 615 g/mol. The van der Waals surface area contributed by atoms with Gasteiger partial charge in [-0.25, -0.2) is 0 Å². The van der Waals surface area contributed by atoms with Crippen LogP contribution in [0.1, 0.15) is 0 Å². The standard InChI is InChI=1S/C46H29NOS/c1-2-12-30(13-3-1)34-15-6-9-19-41(34)47(33-24-27-45-40(29-33)36-17-8-11-21-44(36)49-45)32-23-26-43-39(28-32)37-25-22-31-14-4-5-16-35(31)46(37)38-18-7-10-20-42(38)48-43/h1-29H. The van der Waals surface area contributed by atoms with Crippen molar-refractivity contribution in [3.63, 3.8) is 0 Å². The molecule has 0 bridgehead atoms. The van der Waals surface area contributed by atoms with Crippen LogP contribution in [0.25, 0.3) is 64.3 Å². The summed E-state index contributed by atoms with van der Waals surface area (Å²) in [6.45, 7) is 0. The molecule has 0 unspecified atom stereocenters. The number of ether oxygens (including phenoxy) is 1. The second-order valence-corrected chi connectivity index (χ2v) is 13.6. The Morgan fingerprint density at radius 1 is 0.408 bits per heavy atom. The Kier molecular flexibility index (Phi) is 6.39. The van der Waals surface area contributed by atoms with Crippen molar-refractivity contribution in [1.29, 1.82) is 0 Å². The highest BCUT2D eigenvalue weighted by Gasteiger charge is 2.25. The van der Waals surface area contributed by atoms with Gasteiger partial charge in [-0.05, 0) is 76.5 Å². The molecule has 1 aliphatic heterocycles. The highest BCUT2D eigenvalue weighted by Crippen LogP contribution is 2.52. The van der Waals surface area contributed by atoms with Crippen LogP contribution >= 0.6 is 11.3 Å². The molecule has 0 radical (unpaired) electrons. The van der Waals surface area contributed by atoms with Gasteiger partial charge in [0.15, 0.2) is 0 Å². The minimum Gasteiger partial charge on any atom is -0.456 e. The first-order chi connectivity index (χ1) is 24.3. The third-order valence-corrected chi connectivity index (χ3v) is 10.8. The van der Waals surface area contributed by atoms with Crippen LogP contribution in [-0.4, -0.2) is 0 Å². The van der Waals surface area contributed by atoms with Crippen molar-refractivity contribution in [3.8, 4) is 44.9 Å². The highest BCUT2D eigenvalue weighted by molar-refractivity contribution is 7.25. The van der Waals surface area contributed by atoms with Crippen molar-refractivity contribution in [3.05, 3.63) is 176 Å². The molecule has 0 aliphatic carbocycles. The first-order valence-electron chi connectivity index (χ1n) is 16.6. The zero-order valence-electron chi connectivity index (χ0n) is 26.5. The Bertz CT molecular complexity index is 2710. The van der Waals surface area contributed by atoms with Gasteiger partial charge in [0.05, 0.1) is 5.69 Å². The molecule has 0 saturated carbocycles. The topological polar surface area (TPSA) is 12.5 Å². The van der Waals surface area contributed by atoms with Crippen molar-refractivity contribution in [1.82, 2.24) is 0 Å². The summed E-state index contributed by atoms with van der Waals surface area (Å²) in [5, 5.41) is 4.99. The van der Waals surface area contributed by atoms with Gasteiger partial charge in [0.1, 0.15) is 11.5 Å². The molecule has 2 nitrogen and oxygen atoms in total. The first kappa shape index (κ1) is 27.9. The van der Waals surface area contributed by atoms with Crippen LogP contribution in [0, 0.1) is 0 Å². The molecule has 49 heavy (non-hydrogen) atoms. The van der Waals surface area contributed by atoms with Gasteiger partial charge in [0.2, 0.25) is 0 Å². The molecule has 230 valence electrons. The van der Waals surface area contributed by atoms with Crippen molar-refractivity contribution in [2.45, 2.75) is 0 Å². The Hall–Kier alpha value is -6.16. The first-order valence-corrected chi connectivity index (χ1v) is 17.4. The third kappa shape index (κ3) is 4.55. The predicted octanol–water partition coefficient (Wildman–Crippen LogP) is 13.8. The van der Waals surface area contributed by atoms with Crippen LogP contribution in [0.2, 0.25) is 0 Å². The van der Waals surface area contributed by atoms with Crippen LogP contribution in [0.4, 0.5) is 17.1 Å². The summed E-state index contributed by atoms with van der Waals surface area (Å²) in [6.07, 6.45) is 0. The summed E-state index contributed by atoms with van der Waals surface area (Å²) < 4.78 is 9.34. The fraction of sp³-hybridized carbons (Fsp3) is 0. The van der Waals surface area contributed by atoms with Gasteiger partial charge in [-0.3, -0.25) is 0 Å². The number of hydrogen-bond acceptors (Lipinski definition) is 3. The van der Waals surface area contributed by atoms with E-state index in [9.17, 15) is 0 Å². The lowest BCUT2D eigenvalue weighted by Crippen LogP contribution is -2.11. The van der Waals surface area contributed by atoms with Gasteiger partial charge in [-0.1, -0.05) is 121 Å². The molecule has 1 aromatic heterocycles. The number of fused-ring (bicyclic) bond motifs is 10. The number of benzene rings is 8. The summed E-state index contributed by atoms with van der Waals surface area (Å²) in [7, 11) is 0. The Labute approximate surface area is 288 Å². The SMILES string of the molecule is c1ccc(-c2ccccc2N(c2ccc3c(c2)-c2ccc4ccccc4c2-c2ccccc2O3)c2ccc3sc4ccccc4c3c2)cc1. The van der Waals surface area contributed by atoms with Gasteiger partial charge < -0.3 is 9.64 Å². The maximum Gasteiger partial charge on any atom is 0.135 e. The minimum atomic E-state index is 0.848. The molecule has 3 heteroatoms. The van der Waals surface area contributed by atoms with E-state index < -0.39 is 0 Å². The number of para-hydroxylation sites is 2. The molecule has 0 atom stereocenters. The molecule has 10 rings (SSSR count). The Morgan fingerprint density at radius 3 is 2.00 bits per heavy atom. The fourth-order valence-corrected chi connectivity index (χ4v) is 8.52. The fourth-order valence-electron chi connectivity index (χ4n) is 7.43. The predicted molar refractivity (Wildman–Crippen MR) is 208 cm³/mol. The lowest BCUT2D eigenvalue weighted by atomic mass is 9.89. The molecule has 0 N–H and O–H groups in total. The normalized spacial score (nSPS) is 11.8. The second-order valence-electron chi connectivity index (χ2n) is 12.5. The molecule has 0 saturated heterocycles. The maximum atomic E-state index is 6.75. The molecule has 8 aromatic carbocycles. The van der Waals surface area contributed by atoms with E-state index in [-0.39, 0.29) is 0 Å². The number of rotatable bonds is 4. The van der Waals surface area contributed by atoms with E-state index in [1.54, 1.807) is 0 Å². The van der Waals surface area contributed by atoms with Crippen LogP contribution in [0.15, 0.2) is 176 Å². The van der Waals surface area contributed by atoms with E-state index in [2.05, 4.69) is 181 Å². The number of hydrogen-bond donors (Lipinski definition) is 0. The minimum absolute atomic E-state index is 0.848. The summed E-state index contributed by atoms with van der Waals surface area (Å²) in [5.41, 5.74) is 10.2. The van der Waals surface area contributed by atoms with Gasteiger partial charge in [0.25, 0.3) is 0 Å². The summed E-state index contributed by atoms with van der Waals surface area (Å²) >= 11 is 1.85. The van der Waals surface area contributed by atoms with Crippen LogP contribution in [0.3, 0.4) is 0 Å². The van der Waals surface area contributed by atoms with Gasteiger partial charge in [0, 0.05) is 53.8 Å². The van der Waals surface area contributed by atoms with E-state index in [0.717, 1.165) is 45.3 Å². The van der Waals surface area contributed by atoms with E-state index in [0.29, 0.717) is 0 Å².